The maximum atomic E-state index is 11.0. The van der Waals surface area contributed by atoms with E-state index in [-0.39, 0.29) is 12.7 Å². The lowest BCUT2D eigenvalue weighted by Crippen LogP contribution is -2.30. The molecule has 96 valence electrons. The molecule has 1 aromatic rings. The van der Waals surface area contributed by atoms with Crippen molar-refractivity contribution in [2.24, 2.45) is 0 Å². The quantitative estimate of drug-likeness (QED) is 0.815. The Morgan fingerprint density at radius 3 is 2.94 bits per heavy atom. The highest BCUT2D eigenvalue weighted by atomic mass is 32.2. The Morgan fingerprint density at radius 1 is 1.59 bits per heavy atom. The molecule has 0 radical (unpaired) electrons. The second kappa shape index (κ2) is 5.40. The number of hydrogen-bond donors (Lipinski definition) is 1. The fourth-order valence-corrected chi connectivity index (χ4v) is 2.98. The highest BCUT2D eigenvalue weighted by molar-refractivity contribution is 7.86. The van der Waals surface area contributed by atoms with Crippen LogP contribution in [0.4, 0.5) is 0 Å². The number of aliphatic hydroxyl groups is 1. The lowest BCUT2D eigenvalue weighted by Gasteiger charge is -2.27. The molecular weight excluding hydrogens is 266 g/mol. The van der Waals surface area contributed by atoms with Gasteiger partial charge in [-0.3, -0.25) is 4.18 Å². The van der Waals surface area contributed by atoms with E-state index < -0.39 is 22.2 Å². The molecule has 2 atom stereocenters. The minimum absolute atomic E-state index is 0.0771. The van der Waals surface area contributed by atoms with E-state index in [1.54, 1.807) is 6.20 Å². The van der Waals surface area contributed by atoms with Crippen LogP contribution in [0.2, 0.25) is 0 Å². The van der Waals surface area contributed by atoms with E-state index in [1.165, 1.54) is 11.3 Å². The van der Waals surface area contributed by atoms with Crippen LogP contribution in [0, 0.1) is 0 Å². The van der Waals surface area contributed by atoms with Crippen molar-refractivity contribution >= 4 is 21.5 Å². The fraction of sp³-hybridized carbons (Fsp3) is 0.667. The zero-order valence-corrected chi connectivity index (χ0v) is 10.6. The van der Waals surface area contributed by atoms with Crippen molar-refractivity contribution in [2.45, 2.75) is 25.0 Å². The van der Waals surface area contributed by atoms with Crippen LogP contribution in [0.5, 0.6) is 0 Å². The van der Waals surface area contributed by atoms with E-state index in [2.05, 4.69) is 4.98 Å². The number of thiazole rings is 1. The summed E-state index contributed by atoms with van der Waals surface area (Å²) in [5.74, 6) is -1.00. The first-order chi connectivity index (χ1) is 8.11. The minimum atomic E-state index is -3.83. The van der Waals surface area contributed by atoms with Crippen molar-refractivity contribution in [3.63, 3.8) is 0 Å². The second-order valence-corrected chi connectivity index (χ2v) is 6.17. The van der Waals surface area contributed by atoms with E-state index >= 15 is 0 Å². The van der Waals surface area contributed by atoms with Crippen LogP contribution in [0.1, 0.15) is 24.0 Å². The Bertz CT molecular complexity index is 436. The van der Waals surface area contributed by atoms with Gasteiger partial charge in [0, 0.05) is 11.6 Å². The maximum Gasteiger partial charge on any atom is 0.291 e. The largest absolute Gasteiger partial charge is 0.378 e. The number of ether oxygens (including phenoxy) is 1. The summed E-state index contributed by atoms with van der Waals surface area (Å²) in [4.78, 5) is 4.15. The summed E-state index contributed by atoms with van der Waals surface area (Å²) >= 11 is 1.51. The molecule has 1 saturated heterocycles. The van der Waals surface area contributed by atoms with Crippen LogP contribution in [-0.4, -0.2) is 37.2 Å². The van der Waals surface area contributed by atoms with Crippen LogP contribution < -0.4 is 0 Å². The van der Waals surface area contributed by atoms with Gasteiger partial charge in [-0.25, -0.2) is 4.98 Å². The molecule has 0 spiro atoms. The van der Waals surface area contributed by atoms with Gasteiger partial charge in [-0.05, 0) is 12.8 Å². The van der Waals surface area contributed by atoms with Crippen molar-refractivity contribution < 1.29 is 22.4 Å². The molecule has 0 amide bonds. The monoisotopic (exact) mass is 279 g/mol. The van der Waals surface area contributed by atoms with E-state index in [9.17, 15) is 8.42 Å². The van der Waals surface area contributed by atoms with Crippen molar-refractivity contribution in [1.29, 1.82) is 0 Å². The van der Waals surface area contributed by atoms with Crippen LogP contribution >= 0.6 is 11.3 Å². The van der Waals surface area contributed by atoms with Crippen LogP contribution in [0.15, 0.2) is 11.6 Å². The Labute approximate surface area is 103 Å². The van der Waals surface area contributed by atoms with Gasteiger partial charge in [-0.15, -0.1) is 11.3 Å². The van der Waals surface area contributed by atoms with Gasteiger partial charge >= 0.3 is 0 Å². The van der Waals surface area contributed by atoms with Gasteiger partial charge in [0.05, 0.1) is 6.61 Å². The third-order valence-corrected chi connectivity index (χ3v) is 4.15. The van der Waals surface area contributed by atoms with Crippen LogP contribution in [-0.2, 0) is 19.0 Å². The minimum Gasteiger partial charge on any atom is -0.378 e. The van der Waals surface area contributed by atoms with E-state index in [0.717, 1.165) is 5.01 Å². The van der Waals surface area contributed by atoms with Crippen molar-refractivity contribution in [2.75, 3.05) is 12.5 Å². The number of aromatic nitrogens is 1. The molecule has 17 heavy (non-hydrogen) atoms. The molecule has 0 saturated carbocycles. The Morgan fingerprint density at radius 2 is 2.41 bits per heavy atom. The molecule has 8 heteroatoms. The zero-order chi connectivity index (χ0) is 12.3. The average molecular weight is 279 g/mol. The predicted molar refractivity (Wildman–Crippen MR) is 60.9 cm³/mol. The van der Waals surface area contributed by atoms with E-state index in [4.69, 9.17) is 14.0 Å². The normalized spacial score (nSPS) is 25.9. The van der Waals surface area contributed by atoms with Gasteiger partial charge in [-0.1, -0.05) is 0 Å². The zero-order valence-electron chi connectivity index (χ0n) is 8.98. The summed E-state index contributed by atoms with van der Waals surface area (Å²) in [6.45, 7) is 0.198. The van der Waals surface area contributed by atoms with Gasteiger partial charge in [-0.2, -0.15) is 8.42 Å². The summed E-state index contributed by atoms with van der Waals surface area (Å²) in [5, 5.41) is 11.3. The Balaban J connectivity index is 1.86. The highest BCUT2D eigenvalue weighted by Gasteiger charge is 2.28. The standard InChI is InChI=1S/C9H13NO5S2/c11-6-17(12,13)15-7-1-2-8(14-5-7)9-10-3-4-16-9/h3-4,7-8,11H,1-2,5-6H2. The molecule has 0 aromatic carbocycles. The summed E-state index contributed by atoms with van der Waals surface area (Å²) in [6, 6.07) is 0. The van der Waals surface area contributed by atoms with Crippen molar-refractivity contribution in [3.8, 4) is 0 Å². The molecule has 1 N–H and O–H groups in total. The molecule has 1 fully saturated rings. The third-order valence-electron chi connectivity index (χ3n) is 2.40. The van der Waals surface area contributed by atoms with Crippen LogP contribution in [0.25, 0.3) is 0 Å². The molecular formula is C9H13NO5S2. The van der Waals surface area contributed by atoms with Crippen molar-refractivity contribution in [3.05, 3.63) is 16.6 Å². The lowest BCUT2D eigenvalue weighted by atomic mass is 10.1. The number of rotatable bonds is 4. The van der Waals surface area contributed by atoms with Gasteiger partial charge in [0.15, 0.2) is 5.94 Å². The summed E-state index contributed by atoms with van der Waals surface area (Å²) in [7, 11) is -3.83. The van der Waals surface area contributed by atoms with Crippen molar-refractivity contribution in [1.82, 2.24) is 4.98 Å². The van der Waals surface area contributed by atoms with Gasteiger partial charge in [0.25, 0.3) is 10.1 Å². The molecule has 0 aliphatic carbocycles. The molecule has 1 aliphatic heterocycles. The first-order valence-electron chi connectivity index (χ1n) is 5.13. The SMILES string of the molecule is O=S(=O)(CO)OC1CCC(c2nccs2)OC1. The molecule has 1 aliphatic rings. The molecule has 2 heterocycles. The molecule has 2 unspecified atom stereocenters. The second-order valence-electron chi connectivity index (χ2n) is 3.67. The molecule has 0 bridgehead atoms. The topological polar surface area (TPSA) is 85.7 Å². The van der Waals surface area contributed by atoms with E-state index in [0.29, 0.717) is 12.8 Å². The number of aliphatic hydroxyl groups excluding tert-OH is 1. The predicted octanol–water partition coefficient (Wildman–Crippen LogP) is 0.659. The smallest absolute Gasteiger partial charge is 0.291 e. The van der Waals surface area contributed by atoms with E-state index in [1.807, 2.05) is 5.38 Å². The average Bonchev–Trinajstić information content (AvgIpc) is 2.83. The first-order valence-corrected chi connectivity index (χ1v) is 7.59. The molecule has 2 rings (SSSR count). The molecule has 1 aromatic heterocycles. The lowest BCUT2D eigenvalue weighted by molar-refractivity contribution is -0.0460. The Hall–Kier alpha value is -0.540. The molecule has 6 nitrogen and oxygen atoms in total. The van der Waals surface area contributed by atoms with Gasteiger partial charge in [0.1, 0.15) is 17.2 Å². The first kappa shape index (κ1) is 12.9. The van der Waals surface area contributed by atoms with Crippen LogP contribution in [0.3, 0.4) is 0 Å². The highest BCUT2D eigenvalue weighted by Crippen LogP contribution is 2.30. The number of nitrogens with zero attached hydrogens (tertiary/aromatic N) is 1. The Kier molecular flexibility index (Phi) is 4.10. The van der Waals surface area contributed by atoms with Gasteiger partial charge < -0.3 is 9.84 Å². The summed E-state index contributed by atoms with van der Waals surface area (Å²) in [6.07, 6.45) is 2.36. The summed E-state index contributed by atoms with van der Waals surface area (Å²) < 4.78 is 32.4. The summed E-state index contributed by atoms with van der Waals surface area (Å²) in [5.41, 5.74) is 0. The third kappa shape index (κ3) is 3.46. The number of hydrogen-bond acceptors (Lipinski definition) is 7. The maximum absolute atomic E-state index is 11.0. The van der Waals surface area contributed by atoms with Gasteiger partial charge in [0.2, 0.25) is 0 Å². The fourth-order valence-electron chi connectivity index (χ4n) is 1.63.